The van der Waals surface area contributed by atoms with Crippen LogP contribution >= 0.6 is 11.6 Å². The first-order valence-electron chi connectivity index (χ1n) is 6.67. The lowest BCUT2D eigenvalue weighted by molar-refractivity contribution is -0.137. The van der Waals surface area contributed by atoms with Gasteiger partial charge in [0.25, 0.3) is 0 Å². The highest BCUT2D eigenvalue weighted by molar-refractivity contribution is 7.91. The molecule has 132 valence electrons. The van der Waals surface area contributed by atoms with Gasteiger partial charge in [-0.15, -0.1) is 0 Å². The van der Waals surface area contributed by atoms with Gasteiger partial charge in [0.05, 0.1) is 22.1 Å². The molecule has 0 bridgehead atoms. The van der Waals surface area contributed by atoms with Gasteiger partial charge in [-0.1, -0.05) is 11.6 Å². The van der Waals surface area contributed by atoms with E-state index >= 15 is 0 Å². The summed E-state index contributed by atoms with van der Waals surface area (Å²) in [5.74, 6) is -2.69. The van der Waals surface area contributed by atoms with E-state index in [1.165, 1.54) is 0 Å². The van der Waals surface area contributed by atoms with Gasteiger partial charge in [-0.3, -0.25) is 9.59 Å². The molecule has 0 saturated carbocycles. The molecule has 1 atom stereocenters. The number of benzene rings is 1. The van der Waals surface area contributed by atoms with Crippen LogP contribution in [-0.4, -0.2) is 37.8 Å². The monoisotopic (exact) mass is 384 g/mol. The number of alkyl halides is 3. The van der Waals surface area contributed by atoms with Crippen LogP contribution in [0.25, 0.3) is 0 Å². The molecule has 2 amide bonds. The second-order valence-electron chi connectivity index (χ2n) is 5.22. The molecule has 1 saturated heterocycles. The summed E-state index contributed by atoms with van der Waals surface area (Å²) in [5, 5.41) is 3.71. The number of carbonyl (C=O) groups excluding carboxylic acids is 2. The van der Waals surface area contributed by atoms with E-state index in [1.54, 1.807) is 0 Å². The normalized spacial score (nSPS) is 19.8. The summed E-state index contributed by atoms with van der Waals surface area (Å²) in [6.07, 6.45) is -4.53. The second kappa shape index (κ2) is 6.60. The molecule has 0 spiro atoms. The van der Waals surface area contributed by atoms with Gasteiger partial charge >= 0.3 is 18.0 Å². The van der Waals surface area contributed by atoms with E-state index in [-0.39, 0.29) is 23.6 Å². The molecule has 1 aromatic rings. The Morgan fingerprint density at radius 2 is 1.88 bits per heavy atom. The predicted molar refractivity (Wildman–Crippen MR) is 80.3 cm³/mol. The van der Waals surface area contributed by atoms with Crippen molar-refractivity contribution in [2.75, 3.05) is 16.8 Å². The summed E-state index contributed by atoms with van der Waals surface area (Å²) in [6, 6.07) is 1.97. The Labute approximate surface area is 140 Å². The molecule has 1 fully saturated rings. The Kier molecular flexibility index (Phi) is 5.09. The number of hydrogen-bond acceptors (Lipinski definition) is 4. The van der Waals surface area contributed by atoms with Gasteiger partial charge in [0.15, 0.2) is 9.84 Å². The highest BCUT2D eigenvalue weighted by Crippen LogP contribution is 2.36. The fourth-order valence-corrected chi connectivity index (χ4v) is 4.07. The molecule has 1 unspecified atom stereocenters. The smallest absolute Gasteiger partial charge is 0.344 e. The molecule has 1 heterocycles. The zero-order valence-electron chi connectivity index (χ0n) is 12.0. The number of nitrogens with one attached hydrogen (secondary N) is 2. The molecule has 0 aromatic heterocycles. The van der Waals surface area contributed by atoms with Crippen molar-refractivity contribution in [1.29, 1.82) is 0 Å². The van der Waals surface area contributed by atoms with E-state index in [0.717, 1.165) is 12.1 Å². The molecular weight excluding hydrogens is 373 g/mol. The number of amides is 2. The van der Waals surface area contributed by atoms with Gasteiger partial charge in [-0.05, 0) is 24.6 Å². The molecule has 1 aliphatic rings. The molecule has 24 heavy (non-hydrogen) atoms. The van der Waals surface area contributed by atoms with E-state index < -0.39 is 44.5 Å². The molecule has 2 rings (SSSR count). The molecule has 6 nitrogen and oxygen atoms in total. The number of anilines is 1. The van der Waals surface area contributed by atoms with Crippen LogP contribution in [0.1, 0.15) is 12.0 Å². The minimum atomic E-state index is -4.71. The molecule has 0 radical (unpaired) electrons. The summed E-state index contributed by atoms with van der Waals surface area (Å²) in [5.41, 5.74) is -1.41. The SMILES string of the molecule is O=C(Nc1ccc(Cl)c(C(F)(F)F)c1)C(=O)NC1CCS(=O)(=O)C1. The van der Waals surface area contributed by atoms with Crippen LogP contribution in [0, 0.1) is 0 Å². The lowest BCUT2D eigenvalue weighted by atomic mass is 10.2. The van der Waals surface area contributed by atoms with Crippen LogP contribution in [0.4, 0.5) is 18.9 Å². The Balaban J connectivity index is 2.03. The maximum Gasteiger partial charge on any atom is 0.417 e. The zero-order chi connectivity index (χ0) is 18.1. The predicted octanol–water partition coefficient (Wildman–Crippen LogP) is 1.60. The van der Waals surface area contributed by atoms with Gasteiger partial charge in [0, 0.05) is 11.7 Å². The third kappa shape index (κ3) is 4.60. The zero-order valence-corrected chi connectivity index (χ0v) is 13.6. The Morgan fingerprint density at radius 1 is 1.21 bits per heavy atom. The van der Waals surface area contributed by atoms with E-state index in [2.05, 4.69) is 5.32 Å². The number of sulfone groups is 1. The molecule has 1 aromatic carbocycles. The number of halogens is 4. The van der Waals surface area contributed by atoms with Crippen molar-refractivity contribution in [3.8, 4) is 0 Å². The van der Waals surface area contributed by atoms with Crippen molar-refractivity contribution < 1.29 is 31.2 Å². The quantitative estimate of drug-likeness (QED) is 0.757. The summed E-state index contributed by atoms with van der Waals surface area (Å²) in [4.78, 5) is 23.4. The van der Waals surface area contributed by atoms with Crippen LogP contribution in [0.5, 0.6) is 0 Å². The summed E-state index contributed by atoms with van der Waals surface area (Å²) >= 11 is 5.45. The summed E-state index contributed by atoms with van der Waals surface area (Å²) < 4.78 is 60.8. The van der Waals surface area contributed by atoms with E-state index in [0.29, 0.717) is 6.07 Å². The van der Waals surface area contributed by atoms with Crippen molar-refractivity contribution in [2.45, 2.75) is 18.6 Å². The Hall–Kier alpha value is -1.81. The topological polar surface area (TPSA) is 92.3 Å². The lowest BCUT2D eigenvalue weighted by Gasteiger charge is -2.13. The maximum atomic E-state index is 12.7. The third-order valence-electron chi connectivity index (χ3n) is 3.30. The van der Waals surface area contributed by atoms with Crippen LogP contribution in [0.3, 0.4) is 0 Å². The van der Waals surface area contributed by atoms with Crippen LogP contribution < -0.4 is 10.6 Å². The van der Waals surface area contributed by atoms with Crippen molar-refractivity contribution >= 4 is 38.9 Å². The van der Waals surface area contributed by atoms with Crippen LogP contribution in [-0.2, 0) is 25.6 Å². The number of rotatable bonds is 2. The van der Waals surface area contributed by atoms with Gasteiger partial charge < -0.3 is 10.6 Å². The number of hydrogen-bond donors (Lipinski definition) is 2. The summed E-state index contributed by atoms with van der Waals surface area (Å²) in [6.45, 7) is 0. The van der Waals surface area contributed by atoms with E-state index in [1.807, 2.05) is 5.32 Å². The molecule has 11 heteroatoms. The maximum absolute atomic E-state index is 12.7. The van der Waals surface area contributed by atoms with Gasteiger partial charge in [-0.25, -0.2) is 8.42 Å². The first-order valence-corrected chi connectivity index (χ1v) is 8.87. The number of carbonyl (C=O) groups is 2. The van der Waals surface area contributed by atoms with Crippen molar-refractivity contribution in [3.05, 3.63) is 28.8 Å². The van der Waals surface area contributed by atoms with E-state index in [4.69, 9.17) is 11.6 Å². The van der Waals surface area contributed by atoms with Gasteiger partial charge in [0.1, 0.15) is 0 Å². The van der Waals surface area contributed by atoms with Crippen LogP contribution in [0.15, 0.2) is 18.2 Å². The third-order valence-corrected chi connectivity index (χ3v) is 5.40. The van der Waals surface area contributed by atoms with Crippen molar-refractivity contribution in [3.63, 3.8) is 0 Å². The molecule has 0 aliphatic carbocycles. The molecule has 1 aliphatic heterocycles. The highest BCUT2D eigenvalue weighted by atomic mass is 35.5. The Bertz CT molecular complexity index is 780. The molecular formula is C13H12ClF3N2O4S. The largest absolute Gasteiger partial charge is 0.417 e. The Morgan fingerprint density at radius 3 is 2.42 bits per heavy atom. The minimum Gasteiger partial charge on any atom is -0.344 e. The first-order chi connectivity index (χ1) is 11.0. The summed E-state index contributed by atoms with van der Waals surface area (Å²) in [7, 11) is -3.24. The second-order valence-corrected chi connectivity index (χ2v) is 7.86. The average molecular weight is 385 g/mol. The first kappa shape index (κ1) is 18.5. The fourth-order valence-electron chi connectivity index (χ4n) is 2.17. The standard InChI is InChI=1S/C13H12ClF3N2O4S/c14-10-2-1-7(5-9(10)13(15,16)17)18-11(20)12(21)19-8-3-4-24(22,23)6-8/h1-2,5,8H,3-4,6H2,(H,18,20)(H,19,21). The minimum absolute atomic E-state index is 0.0916. The average Bonchev–Trinajstić information content (AvgIpc) is 2.78. The van der Waals surface area contributed by atoms with Gasteiger partial charge in [0.2, 0.25) is 0 Å². The fraction of sp³-hybridized carbons (Fsp3) is 0.385. The highest BCUT2D eigenvalue weighted by Gasteiger charge is 2.34. The van der Waals surface area contributed by atoms with Crippen LogP contribution in [0.2, 0.25) is 5.02 Å². The molecule has 2 N–H and O–H groups in total. The van der Waals surface area contributed by atoms with Crippen molar-refractivity contribution in [2.24, 2.45) is 0 Å². The van der Waals surface area contributed by atoms with Gasteiger partial charge in [-0.2, -0.15) is 13.2 Å². The lowest BCUT2D eigenvalue weighted by Crippen LogP contribution is -2.42. The van der Waals surface area contributed by atoms with Crippen molar-refractivity contribution in [1.82, 2.24) is 5.32 Å². The van der Waals surface area contributed by atoms with E-state index in [9.17, 15) is 31.2 Å².